The molecule has 3 heteroatoms. The third-order valence-corrected chi connectivity index (χ3v) is 4.01. The molecule has 0 aliphatic rings. The lowest BCUT2D eigenvalue weighted by atomic mass is 10.1. The number of rotatable bonds is 11. The van der Waals surface area contributed by atoms with Gasteiger partial charge in [0.2, 0.25) is 0 Å². The first-order valence-corrected chi connectivity index (χ1v) is 8.53. The van der Waals surface area contributed by atoms with Crippen molar-refractivity contribution in [2.24, 2.45) is 11.7 Å². The van der Waals surface area contributed by atoms with Crippen LogP contribution in [0.4, 0.5) is 0 Å². The fourth-order valence-electron chi connectivity index (χ4n) is 2.37. The summed E-state index contributed by atoms with van der Waals surface area (Å²) in [6, 6.07) is 16.4. The summed E-state index contributed by atoms with van der Waals surface area (Å²) in [7, 11) is 0. The number of nitrogens with two attached hydrogens (primary N) is 1. The Kier molecular flexibility index (Phi) is 8.13. The predicted molar refractivity (Wildman–Crippen MR) is 105 cm³/mol. The molecule has 0 aliphatic carbocycles. The largest absolute Gasteiger partial charge is 0.376 e. The number of hydrogen-bond donors (Lipinski definition) is 1. The Morgan fingerprint density at radius 2 is 1.16 bits per heavy atom. The zero-order valence-corrected chi connectivity index (χ0v) is 14.7. The minimum atomic E-state index is 0.194. The van der Waals surface area contributed by atoms with Crippen LogP contribution in [0, 0.1) is 5.92 Å². The number of benzene rings is 2. The summed E-state index contributed by atoms with van der Waals surface area (Å²) >= 11 is 0. The van der Waals surface area contributed by atoms with Crippen LogP contribution in [0.25, 0.3) is 12.2 Å². The first kappa shape index (κ1) is 19.1. The first-order chi connectivity index (χ1) is 12.2. The summed E-state index contributed by atoms with van der Waals surface area (Å²) in [5.74, 6) is 0.194. The van der Waals surface area contributed by atoms with Gasteiger partial charge < -0.3 is 15.2 Å². The lowest BCUT2D eigenvalue weighted by Crippen LogP contribution is -2.24. The maximum Gasteiger partial charge on any atom is 0.0717 e. The molecule has 2 rings (SSSR count). The second-order valence-electron chi connectivity index (χ2n) is 6.02. The fraction of sp³-hybridized carbons (Fsp3) is 0.273. The third kappa shape index (κ3) is 6.67. The van der Waals surface area contributed by atoms with Crippen molar-refractivity contribution < 1.29 is 9.47 Å². The van der Waals surface area contributed by atoms with E-state index in [1.165, 1.54) is 0 Å². The molecule has 0 unspecified atom stereocenters. The second kappa shape index (κ2) is 10.6. The lowest BCUT2D eigenvalue weighted by Gasteiger charge is -2.15. The van der Waals surface area contributed by atoms with E-state index in [0.717, 1.165) is 22.3 Å². The summed E-state index contributed by atoms with van der Waals surface area (Å²) in [5.41, 5.74) is 10.3. The Labute approximate surface area is 150 Å². The molecular weight excluding hydrogens is 310 g/mol. The third-order valence-electron chi connectivity index (χ3n) is 4.01. The Morgan fingerprint density at radius 1 is 0.760 bits per heavy atom. The molecule has 25 heavy (non-hydrogen) atoms. The van der Waals surface area contributed by atoms with Crippen molar-refractivity contribution in [1.82, 2.24) is 0 Å². The average molecular weight is 337 g/mol. The van der Waals surface area contributed by atoms with Crippen molar-refractivity contribution in [2.75, 3.05) is 19.8 Å². The van der Waals surface area contributed by atoms with Gasteiger partial charge in [-0.2, -0.15) is 0 Å². The monoisotopic (exact) mass is 337 g/mol. The molecule has 0 bridgehead atoms. The summed E-state index contributed by atoms with van der Waals surface area (Å²) in [4.78, 5) is 0. The Balaban J connectivity index is 1.68. The van der Waals surface area contributed by atoms with Gasteiger partial charge in [-0.15, -0.1) is 0 Å². The van der Waals surface area contributed by atoms with Crippen LogP contribution in [-0.4, -0.2) is 19.8 Å². The van der Waals surface area contributed by atoms with E-state index in [1.54, 1.807) is 0 Å². The topological polar surface area (TPSA) is 44.5 Å². The summed E-state index contributed by atoms with van der Waals surface area (Å²) in [5, 5.41) is 0. The fourth-order valence-corrected chi connectivity index (χ4v) is 2.37. The smallest absolute Gasteiger partial charge is 0.0717 e. The van der Waals surface area contributed by atoms with Gasteiger partial charge in [-0.25, -0.2) is 0 Å². The van der Waals surface area contributed by atoms with Gasteiger partial charge >= 0.3 is 0 Å². The molecule has 0 fully saturated rings. The van der Waals surface area contributed by atoms with Crippen LogP contribution < -0.4 is 5.73 Å². The second-order valence-corrected chi connectivity index (χ2v) is 6.02. The van der Waals surface area contributed by atoms with E-state index in [2.05, 4.69) is 37.4 Å². The lowest BCUT2D eigenvalue weighted by molar-refractivity contribution is 0.0301. The molecule has 0 saturated heterocycles. The molecular formula is C22H27NO2. The van der Waals surface area contributed by atoms with E-state index in [4.69, 9.17) is 15.2 Å². The maximum absolute atomic E-state index is 5.83. The molecule has 0 amide bonds. The standard InChI is InChI=1S/C22H27NO2/c1-3-18-5-9-20(10-6-18)14-24-16-22(13-23)17-25-15-21-11-7-19(4-2)8-12-21/h3-12,22H,1-2,13-17,23H2. The number of hydrogen-bond acceptors (Lipinski definition) is 3. The average Bonchev–Trinajstić information content (AvgIpc) is 2.67. The van der Waals surface area contributed by atoms with E-state index in [1.807, 2.05) is 36.4 Å². The molecule has 2 aromatic rings. The molecule has 0 atom stereocenters. The summed E-state index contributed by atoms with van der Waals surface area (Å²) < 4.78 is 11.6. The van der Waals surface area contributed by atoms with Crippen molar-refractivity contribution in [2.45, 2.75) is 13.2 Å². The SMILES string of the molecule is C=Cc1ccc(COCC(CN)COCc2ccc(C=C)cc2)cc1. The molecule has 0 aromatic heterocycles. The van der Waals surface area contributed by atoms with Gasteiger partial charge in [0.25, 0.3) is 0 Å². The minimum Gasteiger partial charge on any atom is -0.376 e. The minimum absolute atomic E-state index is 0.194. The van der Waals surface area contributed by atoms with Crippen LogP contribution in [0.3, 0.4) is 0 Å². The molecule has 2 N–H and O–H groups in total. The van der Waals surface area contributed by atoms with Crippen LogP contribution in [0.1, 0.15) is 22.3 Å². The van der Waals surface area contributed by atoms with Crippen molar-refractivity contribution in [3.05, 3.63) is 83.9 Å². The van der Waals surface area contributed by atoms with Crippen molar-refractivity contribution in [1.29, 1.82) is 0 Å². The van der Waals surface area contributed by atoms with Gasteiger partial charge in [-0.1, -0.05) is 73.8 Å². The molecule has 0 heterocycles. The van der Waals surface area contributed by atoms with Crippen LogP contribution >= 0.6 is 0 Å². The van der Waals surface area contributed by atoms with Crippen molar-refractivity contribution in [3.8, 4) is 0 Å². The highest BCUT2D eigenvalue weighted by atomic mass is 16.5. The van der Waals surface area contributed by atoms with Crippen LogP contribution in [0.15, 0.2) is 61.7 Å². The van der Waals surface area contributed by atoms with Gasteiger partial charge in [-0.05, 0) is 28.8 Å². The normalized spacial score (nSPS) is 10.8. The quantitative estimate of drug-likeness (QED) is 0.665. The number of ether oxygens (including phenoxy) is 2. The van der Waals surface area contributed by atoms with Gasteiger partial charge in [-0.3, -0.25) is 0 Å². The molecule has 0 aliphatic heterocycles. The highest BCUT2D eigenvalue weighted by molar-refractivity contribution is 5.47. The van der Waals surface area contributed by atoms with E-state index in [0.29, 0.717) is 33.0 Å². The maximum atomic E-state index is 5.83. The van der Waals surface area contributed by atoms with E-state index >= 15 is 0 Å². The predicted octanol–water partition coefficient (Wildman–Crippen LogP) is 4.28. The Hall–Kier alpha value is -2.20. The van der Waals surface area contributed by atoms with Crippen LogP contribution in [0.2, 0.25) is 0 Å². The first-order valence-electron chi connectivity index (χ1n) is 8.53. The molecule has 0 spiro atoms. The Morgan fingerprint density at radius 3 is 1.48 bits per heavy atom. The molecule has 0 saturated carbocycles. The van der Waals surface area contributed by atoms with Crippen molar-refractivity contribution >= 4 is 12.2 Å². The molecule has 132 valence electrons. The molecule has 2 aromatic carbocycles. The van der Waals surface area contributed by atoms with E-state index in [9.17, 15) is 0 Å². The van der Waals surface area contributed by atoms with E-state index < -0.39 is 0 Å². The van der Waals surface area contributed by atoms with E-state index in [-0.39, 0.29) is 5.92 Å². The highest BCUT2D eigenvalue weighted by Gasteiger charge is 2.08. The van der Waals surface area contributed by atoms with Gasteiger partial charge in [0, 0.05) is 5.92 Å². The highest BCUT2D eigenvalue weighted by Crippen LogP contribution is 2.10. The van der Waals surface area contributed by atoms with Crippen molar-refractivity contribution in [3.63, 3.8) is 0 Å². The summed E-state index contributed by atoms with van der Waals surface area (Å²) in [6.45, 7) is 10.4. The molecule has 0 radical (unpaired) electrons. The van der Waals surface area contributed by atoms with Gasteiger partial charge in [0.05, 0.1) is 26.4 Å². The van der Waals surface area contributed by atoms with Gasteiger partial charge in [0.1, 0.15) is 0 Å². The Bertz CT molecular complexity index is 589. The van der Waals surface area contributed by atoms with Gasteiger partial charge in [0.15, 0.2) is 0 Å². The van der Waals surface area contributed by atoms with Crippen LogP contribution in [-0.2, 0) is 22.7 Å². The molecule has 3 nitrogen and oxygen atoms in total. The van der Waals surface area contributed by atoms with Crippen LogP contribution in [0.5, 0.6) is 0 Å². The zero-order chi connectivity index (χ0) is 17.9. The summed E-state index contributed by atoms with van der Waals surface area (Å²) in [6.07, 6.45) is 3.66. The zero-order valence-electron chi connectivity index (χ0n) is 14.7.